The van der Waals surface area contributed by atoms with Crippen LogP contribution in [0.1, 0.15) is 43.2 Å². The Bertz CT molecular complexity index is 1320. The van der Waals surface area contributed by atoms with Gasteiger partial charge in [0.1, 0.15) is 22.9 Å². The third kappa shape index (κ3) is 5.92. The van der Waals surface area contributed by atoms with E-state index < -0.39 is 64.7 Å². The summed E-state index contributed by atoms with van der Waals surface area (Å²) in [5.41, 5.74) is 3.72. The van der Waals surface area contributed by atoms with Crippen LogP contribution in [0.3, 0.4) is 0 Å². The number of nitrogens with one attached hydrogen (secondary N) is 2. The fourth-order valence-electron chi connectivity index (χ4n) is 4.37. The van der Waals surface area contributed by atoms with Crippen molar-refractivity contribution in [2.45, 2.75) is 49.2 Å². The molecule has 1 aromatic heterocycles. The Morgan fingerprint density at radius 2 is 1.95 bits per heavy atom. The molecule has 1 fully saturated rings. The van der Waals surface area contributed by atoms with Crippen molar-refractivity contribution >= 4 is 34.4 Å². The lowest BCUT2D eigenvalue weighted by Gasteiger charge is -2.35. The molecule has 210 valence electrons. The molecule has 2 heterocycles. The Hall–Kier alpha value is -3.49. The summed E-state index contributed by atoms with van der Waals surface area (Å²) >= 11 is 1.06. The standard InChI is InChI=1S/C24H25F5N6O3S/c1-21(2,10-25)34-19(37)23-7-16(23)22(3,35-20(30)39-23)13-6-12(4-5-14(13)26)33-18(36)15-8-32-17(9-31-15)38-11-24(27,28)29/h4-6,8-9,16H,7,10-11H2,1-3H3,(H2,30,35)(H,33,36)(H,34,37)/t16?,22-,23+/m1/s1. The average Bonchev–Trinajstić information content (AvgIpc) is 3.60. The number of hydrogen-bond donors (Lipinski definition) is 3. The highest BCUT2D eigenvalue weighted by atomic mass is 32.2. The smallest absolute Gasteiger partial charge is 0.422 e. The molecule has 15 heteroatoms. The lowest BCUT2D eigenvalue weighted by molar-refractivity contribution is -0.154. The Morgan fingerprint density at radius 1 is 1.23 bits per heavy atom. The van der Waals surface area contributed by atoms with Gasteiger partial charge in [-0.3, -0.25) is 14.6 Å². The molecule has 3 atom stereocenters. The number of thioether (sulfide) groups is 1. The zero-order chi connectivity index (χ0) is 28.8. The second-order valence-corrected chi connectivity index (χ2v) is 11.5. The van der Waals surface area contributed by atoms with Crippen LogP contribution in [0.4, 0.5) is 27.6 Å². The average molecular weight is 573 g/mol. The van der Waals surface area contributed by atoms with E-state index in [2.05, 4.69) is 30.3 Å². The van der Waals surface area contributed by atoms with Crippen molar-refractivity contribution in [1.29, 1.82) is 0 Å². The maximum Gasteiger partial charge on any atom is 0.422 e. The van der Waals surface area contributed by atoms with E-state index in [-0.39, 0.29) is 22.1 Å². The van der Waals surface area contributed by atoms with E-state index in [0.29, 0.717) is 6.42 Å². The highest BCUT2D eigenvalue weighted by molar-refractivity contribution is 8.15. The molecule has 1 unspecified atom stereocenters. The predicted molar refractivity (Wildman–Crippen MR) is 134 cm³/mol. The number of aromatic nitrogens is 2. The first kappa shape index (κ1) is 28.5. The van der Waals surface area contributed by atoms with Crippen LogP contribution in [-0.4, -0.2) is 56.7 Å². The fraction of sp³-hybridized carbons (Fsp3) is 0.458. The molecule has 39 heavy (non-hydrogen) atoms. The number of anilines is 1. The van der Waals surface area contributed by atoms with Crippen molar-refractivity contribution in [2.75, 3.05) is 18.6 Å². The first-order chi connectivity index (χ1) is 18.1. The summed E-state index contributed by atoms with van der Waals surface area (Å²) in [6, 6.07) is 3.79. The molecule has 9 nitrogen and oxygen atoms in total. The first-order valence-corrected chi connectivity index (χ1v) is 12.5. The monoisotopic (exact) mass is 572 g/mol. The Morgan fingerprint density at radius 3 is 2.56 bits per heavy atom. The molecule has 0 radical (unpaired) electrons. The van der Waals surface area contributed by atoms with Crippen molar-refractivity contribution in [3.05, 3.63) is 47.7 Å². The zero-order valence-corrected chi connectivity index (χ0v) is 21.8. The number of alkyl halides is 4. The molecule has 1 saturated carbocycles. The first-order valence-electron chi connectivity index (χ1n) is 11.6. The van der Waals surface area contributed by atoms with Crippen LogP contribution in [0.2, 0.25) is 0 Å². The van der Waals surface area contributed by atoms with E-state index in [1.165, 1.54) is 12.1 Å². The van der Waals surface area contributed by atoms with Crippen LogP contribution in [0, 0.1) is 11.7 Å². The van der Waals surface area contributed by atoms with Gasteiger partial charge in [-0.05, 0) is 45.4 Å². The molecule has 4 N–H and O–H groups in total. The molecule has 0 saturated heterocycles. The lowest BCUT2D eigenvalue weighted by Crippen LogP contribution is -2.52. The molecule has 2 amide bonds. The number of ether oxygens (including phenoxy) is 1. The summed E-state index contributed by atoms with van der Waals surface area (Å²) < 4.78 is 68.8. The van der Waals surface area contributed by atoms with Gasteiger partial charge in [-0.2, -0.15) is 13.2 Å². The van der Waals surface area contributed by atoms with E-state index >= 15 is 4.39 Å². The van der Waals surface area contributed by atoms with Gasteiger partial charge in [0.15, 0.2) is 11.8 Å². The Labute approximate surface area is 224 Å². The van der Waals surface area contributed by atoms with E-state index in [0.717, 1.165) is 30.2 Å². The summed E-state index contributed by atoms with van der Waals surface area (Å²) in [5, 5.41) is 5.28. The molecule has 0 bridgehead atoms. The van der Waals surface area contributed by atoms with Crippen LogP contribution in [0.15, 0.2) is 35.6 Å². The van der Waals surface area contributed by atoms with Crippen molar-refractivity contribution < 1.29 is 36.3 Å². The fourth-order valence-corrected chi connectivity index (χ4v) is 5.74. The number of nitrogens with zero attached hydrogens (tertiary/aromatic N) is 3. The Kier molecular flexibility index (Phi) is 7.25. The van der Waals surface area contributed by atoms with Crippen LogP contribution >= 0.6 is 11.8 Å². The van der Waals surface area contributed by atoms with Gasteiger partial charge in [-0.25, -0.2) is 18.7 Å². The normalized spacial score (nSPS) is 24.3. The van der Waals surface area contributed by atoms with Crippen LogP contribution in [0.5, 0.6) is 5.88 Å². The second-order valence-electron chi connectivity index (χ2n) is 10.1. The number of benzene rings is 1. The van der Waals surface area contributed by atoms with Crippen molar-refractivity contribution in [1.82, 2.24) is 15.3 Å². The number of fused-ring (bicyclic) bond motifs is 1. The molecule has 1 aliphatic heterocycles. The van der Waals surface area contributed by atoms with E-state index in [1.807, 2.05) is 0 Å². The maximum absolute atomic E-state index is 15.1. The van der Waals surface area contributed by atoms with Crippen molar-refractivity contribution in [3.63, 3.8) is 0 Å². The van der Waals surface area contributed by atoms with Gasteiger partial charge in [0, 0.05) is 17.2 Å². The number of amides is 2. The molecular weight excluding hydrogens is 547 g/mol. The number of rotatable bonds is 8. The van der Waals surface area contributed by atoms with Crippen molar-refractivity contribution in [2.24, 2.45) is 16.6 Å². The second kappa shape index (κ2) is 9.92. The minimum absolute atomic E-state index is 0.0661. The van der Waals surface area contributed by atoms with Gasteiger partial charge in [0.05, 0.1) is 23.5 Å². The molecule has 2 aliphatic rings. The number of hydrogen-bond acceptors (Lipinski definition) is 8. The summed E-state index contributed by atoms with van der Waals surface area (Å²) in [6.45, 7) is 2.38. The molecule has 1 aliphatic carbocycles. The highest BCUT2D eigenvalue weighted by Crippen LogP contribution is 2.66. The van der Waals surface area contributed by atoms with E-state index in [1.54, 1.807) is 20.8 Å². The van der Waals surface area contributed by atoms with Crippen LogP contribution in [-0.2, 0) is 10.3 Å². The van der Waals surface area contributed by atoms with Gasteiger partial charge in [-0.1, -0.05) is 11.8 Å². The molecular formula is C24H25F5N6O3S. The number of nitrogens with two attached hydrogens (primary N) is 1. The summed E-state index contributed by atoms with van der Waals surface area (Å²) in [5.74, 6) is -2.71. The Balaban J connectivity index is 1.54. The molecule has 4 rings (SSSR count). The minimum atomic E-state index is -4.56. The third-order valence-electron chi connectivity index (χ3n) is 6.40. The minimum Gasteiger partial charge on any atom is -0.467 e. The quantitative estimate of drug-likeness (QED) is 0.411. The van der Waals surface area contributed by atoms with E-state index in [9.17, 15) is 27.2 Å². The maximum atomic E-state index is 15.1. The number of amidine groups is 1. The molecule has 0 spiro atoms. The van der Waals surface area contributed by atoms with Gasteiger partial charge in [0.25, 0.3) is 5.91 Å². The number of carbonyl (C=O) groups excluding carboxylic acids is 2. The molecule has 2 aromatic rings. The summed E-state index contributed by atoms with van der Waals surface area (Å²) in [4.78, 5) is 37.7. The predicted octanol–water partition coefficient (Wildman–Crippen LogP) is 3.71. The topological polar surface area (TPSA) is 132 Å². The largest absolute Gasteiger partial charge is 0.467 e. The zero-order valence-electron chi connectivity index (χ0n) is 21.0. The number of halogens is 5. The molecule has 1 aromatic carbocycles. The SMILES string of the molecule is CC(C)(CF)NC(=O)[C@]12CC1[C@@](C)(c1cc(NC(=O)c3cnc(OCC(F)(F)F)cn3)ccc1F)N=C(N)S2. The third-order valence-corrected chi connectivity index (χ3v) is 7.70. The van der Waals surface area contributed by atoms with Gasteiger partial charge >= 0.3 is 6.18 Å². The lowest BCUT2D eigenvalue weighted by atomic mass is 9.85. The van der Waals surface area contributed by atoms with Crippen molar-refractivity contribution in [3.8, 4) is 5.88 Å². The number of carbonyl (C=O) groups is 2. The van der Waals surface area contributed by atoms with Crippen LogP contribution < -0.4 is 21.1 Å². The highest BCUT2D eigenvalue weighted by Gasteiger charge is 2.71. The van der Waals surface area contributed by atoms with Gasteiger partial charge < -0.3 is 21.1 Å². The summed E-state index contributed by atoms with van der Waals surface area (Å²) in [7, 11) is 0. The number of aliphatic imine (C=N–C) groups is 1. The van der Waals surface area contributed by atoms with Gasteiger partial charge in [-0.15, -0.1) is 0 Å². The van der Waals surface area contributed by atoms with Gasteiger partial charge in [0.2, 0.25) is 11.8 Å². The summed E-state index contributed by atoms with van der Waals surface area (Å²) in [6.07, 6.45) is -2.43. The van der Waals surface area contributed by atoms with E-state index in [4.69, 9.17) is 5.73 Å². The van der Waals surface area contributed by atoms with Crippen LogP contribution in [0.25, 0.3) is 0 Å².